The van der Waals surface area contributed by atoms with E-state index in [1.54, 1.807) is 4.57 Å². The minimum Gasteiger partial charge on any atom is -0.399 e. The molecular formula is C33H47N7O2. The van der Waals surface area contributed by atoms with Gasteiger partial charge in [0, 0.05) is 25.2 Å². The van der Waals surface area contributed by atoms with Crippen molar-refractivity contribution >= 4 is 16.9 Å². The zero-order valence-electron chi connectivity index (χ0n) is 25.9. The van der Waals surface area contributed by atoms with Crippen LogP contribution in [0.2, 0.25) is 0 Å². The predicted octanol–water partition coefficient (Wildman–Crippen LogP) is 4.20. The summed E-state index contributed by atoms with van der Waals surface area (Å²) in [5, 5.41) is 0. The van der Waals surface area contributed by atoms with Gasteiger partial charge in [-0.15, -0.1) is 0 Å². The average Bonchev–Trinajstić information content (AvgIpc) is 3.35. The number of nitrogens with two attached hydrogens (primary N) is 1. The topological polar surface area (TPSA) is 94.3 Å². The first kappa shape index (κ1) is 31.3. The molecule has 0 aliphatic carbocycles. The molecule has 4 rings (SSSR count). The van der Waals surface area contributed by atoms with Crippen LogP contribution in [0.25, 0.3) is 11.2 Å². The van der Waals surface area contributed by atoms with Crippen molar-refractivity contribution in [3.8, 4) is 0 Å². The van der Waals surface area contributed by atoms with Crippen molar-refractivity contribution in [2.24, 2.45) is 0 Å². The number of nitrogens with zero attached hydrogens (tertiary/aromatic N) is 6. The van der Waals surface area contributed by atoms with Crippen LogP contribution in [-0.2, 0) is 32.5 Å². The molecule has 0 fully saturated rings. The minimum atomic E-state index is -0.301. The summed E-state index contributed by atoms with van der Waals surface area (Å²) in [5.41, 5.74) is 9.20. The Labute approximate surface area is 249 Å². The highest BCUT2D eigenvalue weighted by atomic mass is 16.2. The van der Waals surface area contributed by atoms with Crippen LogP contribution >= 0.6 is 0 Å². The number of rotatable bonds is 15. The fraction of sp³-hybridized carbons (Fsp3) is 0.485. The second kappa shape index (κ2) is 14.5. The molecule has 226 valence electrons. The molecule has 42 heavy (non-hydrogen) atoms. The Bertz CT molecular complexity index is 1530. The molecule has 0 radical (unpaired) electrons. The van der Waals surface area contributed by atoms with E-state index in [0.29, 0.717) is 55.7 Å². The van der Waals surface area contributed by atoms with E-state index in [0.717, 1.165) is 43.1 Å². The number of likely N-dealkylation sites (N-methyl/N-ethyl adjacent to an activating group) is 2. The number of hydrogen-bond acceptors (Lipinski definition) is 6. The number of fused-ring (bicyclic) bond motifs is 1. The molecule has 0 saturated heterocycles. The molecular weight excluding hydrogens is 526 g/mol. The van der Waals surface area contributed by atoms with Gasteiger partial charge >= 0.3 is 5.69 Å². The van der Waals surface area contributed by atoms with Crippen molar-refractivity contribution in [2.75, 3.05) is 31.9 Å². The smallest absolute Gasteiger partial charge is 0.332 e. The molecule has 0 atom stereocenters. The van der Waals surface area contributed by atoms with Crippen LogP contribution in [0, 0.1) is 0 Å². The maximum absolute atomic E-state index is 14.1. The Kier molecular flexibility index (Phi) is 10.8. The van der Waals surface area contributed by atoms with Crippen LogP contribution in [0.5, 0.6) is 0 Å². The molecule has 2 aromatic heterocycles. The van der Waals surface area contributed by atoms with Gasteiger partial charge in [-0.05, 0) is 62.3 Å². The summed E-state index contributed by atoms with van der Waals surface area (Å²) in [7, 11) is 0. The number of anilines is 1. The number of nitrogen functional groups attached to an aromatic ring is 1. The van der Waals surface area contributed by atoms with E-state index in [4.69, 9.17) is 10.7 Å². The number of aryl methyl sites for hydroxylation is 2. The van der Waals surface area contributed by atoms with Gasteiger partial charge in [-0.3, -0.25) is 23.7 Å². The van der Waals surface area contributed by atoms with Crippen molar-refractivity contribution in [3.05, 3.63) is 92.4 Å². The summed E-state index contributed by atoms with van der Waals surface area (Å²) in [6.45, 7) is 15.7. The third-order valence-corrected chi connectivity index (χ3v) is 8.26. The van der Waals surface area contributed by atoms with E-state index in [9.17, 15) is 9.59 Å². The van der Waals surface area contributed by atoms with Gasteiger partial charge in [0.1, 0.15) is 5.82 Å². The monoisotopic (exact) mass is 573 g/mol. The number of aromatic nitrogens is 4. The first-order chi connectivity index (χ1) is 20.4. The third kappa shape index (κ3) is 6.68. The van der Waals surface area contributed by atoms with Crippen LogP contribution < -0.4 is 17.0 Å². The highest BCUT2D eigenvalue weighted by molar-refractivity contribution is 5.71. The van der Waals surface area contributed by atoms with Gasteiger partial charge in [-0.1, -0.05) is 77.1 Å². The molecule has 2 N–H and O–H groups in total. The maximum Gasteiger partial charge on any atom is 0.332 e. The average molecular weight is 574 g/mol. The minimum absolute atomic E-state index is 0.0797. The third-order valence-electron chi connectivity index (χ3n) is 8.26. The normalized spacial score (nSPS) is 11.9. The zero-order valence-corrected chi connectivity index (χ0v) is 25.9. The molecule has 0 aliphatic rings. The van der Waals surface area contributed by atoms with Gasteiger partial charge in [0.05, 0.1) is 12.7 Å². The van der Waals surface area contributed by atoms with E-state index >= 15 is 0 Å². The quantitative estimate of drug-likeness (QED) is 0.169. The summed E-state index contributed by atoms with van der Waals surface area (Å²) < 4.78 is 5.22. The predicted molar refractivity (Wildman–Crippen MR) is 172 cm³/mol. The zero-order chi connectivity index (χ0) is 30.2. The van der Waals surface area contributed by atoms with E-state index in [1.807, 2.05) is 49.4 Å². The van der Waals surface area contributed by atoms with Crippen LogP contribution in [-0.4, -0.2) is 60.8 Å². The first-order valence-electron chi connectivity index (χ1n) is 15.5. The van der Waals surface area contributed by atoms with Crippen molar-refractivity contribution in [1.82, 2.24) is 28.5 Å². The lowest BCUT2D eigenvalue weighted by Gasteiger charge is -2.38. The van der Waals surface area contributed by atoms with Gasteiger partial charge in [0.2, 0.25) is 0 Å². The highest BCUT2D eigenvalue weighted by Gasteiger charge is 2.27. The van der Waals surface area contributed by atoms with Gasteiger partial charge in [-0.25, -0.2) is 9.78 Å². The van der Waals surface area contributed by atoms with Crippen molar-refractivity contribution in [1.29, 1.82) is 0 Å². The van der Waals surface area contributed by atoms with Gasteiger partial charge in [-0.2, -0.15) is 0 Å². The van der Waals surface area contributed by atoms with Crippen molar-refractivity contribution < 1.29 is 0 Å². The summed E-state index contributed by atoms with van der Waals surface area (Å²) in [6, 6.07) is 17.9. The van der Waals surface area contributed by atoms with Crippen LogP contribution in [0.15, 0.2) is 64.2 Å². The Balaban J connectivity index is 1.95. The fourth-order valence-electron chi connectivity index (χ4n) is 5.91. The van der Waals surface area contributed by atoms with Gasteiger partial charge in [0.15, 0.2) is 11.2 Å². The Morgan fingerprint density at radius 3 is 1.95 bits per heavy atom. The number of hydrogen-bond donors (Lipinski definition) is 1. The summed E-state index contributed by atoms with van der Waals surface area (Å²) in [5.74, 6) is 0.799. The molecule has 0 unspecified atom stereocenters. The Morgan fingerprint density at radius 1 is 0.762 bits per heavy atom. The van der Waals surface area contributed by atoms with E-state index < -0.39 is 0 Å². The maximum atomic E-state index is 14.1. The number of imidazole rings is 1. The van der Waals surface area contributed by atoms with E-state index in [2.05, 4.69) is 54.2 Å². The lowest BCUT2D eigenvalue weighted by molar-refractivity contribution is 0.0438. The van der Waals surface area contributed by atoms with Crippen LogP contribution in [0.1, 0.15) is 58.0 Å². The molecule has 0 amide bonds. The lowest BCUT2D eigenvalue weighted by atomic mass is 10.1. The molecule has 9 heteroatoms. The largest absolute Gasteiger partial charge is 0.399 e. The summed E-state index contributed by atoms with van der Waals surface area (Å²) in [6.07, 6.45) is 1.96. The molecule has 0 spiro atoms. The Hall–Kier alpha value is -3.69. The molecule has 0 bridgehead atoms. The first-order valence-corrected chi connectivity index (χ1v) is 15.5. The van der Waals surface area contributed by atoms with Crippen LogP contribution in [0.3, 0.4) is 0 Å². The second-order valence-corrected chi connectivity index (χ2v) is 10.8. The molecule has 2 aromatic carbocycles. The molecule has 0 saturated carbocycles. The molecule has 9 nitrogen and oxygen atoms in total. The standard InChI is InChI=1S/C33H47N7O2/c1-6-21-39-32(41)30-31(38(33(39)42)22-20-25-16-18-27(34)19-17-25)35-28(23-26-14-12-11-13-15-26)40(30)24-29(36(7-2)8-3)37(9-4)10-5/h11-19,29H,6-10,20-24,34H2,1-5H3. The summed E-state index contributed by atoms with van der Waals surface area (Å²) >= 11 is 0. The van der Waals surface area contributed by atoms with Gasteiger partial charge < -0.3 is 10.3 Å². The van der Waals surface area contributed by atoms with Crippen molar-refractivity contribution in [3.63, 3.8) is 0 Å². The molecule has 2 heterocycles. The van der Waals surface area contributed by atoms with Crippen LogP contribution in [0.4, 0.5) is 5.69 Å². The van der Waals surface area contributed by atoms with E-state index in [-0.39, 0.29) is 17.4 Å². The van der Waals surface area contributed by atoms with Crippen molar-refractivity contribution in [2.45, 2.75) is 79.7 Å². The SMILES string of the molecule is CCCn1c(=O)c2c(nc(Cc3ccccc3)n2CC(N(CC)CC)N(CC)CC)n(CCc2ccc(N)cc2)c1=O. The Morgan fingerprint density at radius 2 is 1.38 bits per heavy atom. The molecule has 4 aromatic rings. The fourth-order valence-corrected chi connectivity index (χ4v) is 5.91. The second-order valence-electron chi connectivity index (χ2n) is 10.8. The van der Waals surface area contributed by atoms with Gasteiger partial charge in [0.25, 0.3) is 5.56 Å². The van der Waals surface area contributed by atoms with E-state index in [1.165, 1.54) is 4.57 Å². The summed E-state index contributed by atoms with van der Waals surface area (Å²) in [4.78, 5) is 37.9. The number of benzene rings is 2. The highest BCUT2D eigenvalue weighted by Crippen LogP contribution is 2.20. The lowest BCUT2D eigenvalue weighted by Crippen LogP contribution is -2.51. The molecule has 0 aliphatic heterocycles.